The molecular formula is C16H12ClN9O. The van der Waals surface area contributed by atoms with E-state index in [2.05, 4.69) is 36.3 Å². The van der Waals surface area contributed by atoms with Gasteiger partial charge >= 0.3 is 0 Å². The Bertz CT molecular complexity index is 1060. The smallest absolute Gasteiger partial charge is 0.248 e. The van der Waals surface area contributed by atoms with Crippen LogP contribution < -0.4 is 5.32 Å². The van der Waals surface area contributed by atoms with Gasteiger partial charge in [-0.05, 0) is 52.0 Å². The Morgan fingerprint density at radius 2 is 1.89 bits per heavy atom. The minimum absolute atomic E-state index is 0.0807. The minimum atomic E-state index is -0.282. The molecule has 0 aliphatic rings. The predicted octanol–water partition coefficient (Wildman–Crippen LogP) is 1.61. The molecule has 2 heterocycles. The summed E-state index contributed by atoms with van der Waals surface area (Å²) in [6.45, 7) is -0.0807. The van der Waals surface area contributed by atoms with Crippen LogP contribution in [0.3, 0.4) is 0 Å². The summed E-state index contributed by atoms with van der Waals surface area (Å²) in [6, 6.07) is 14.2. The van der Waals surface area contributed by atoms with Crippen molar-refractivity contribution in [1.29, 1.82) is 0 Å². The van der Waals surface area contributed by atoms with Gasteiger partial charge in [-0.25, -0.2) is 0 Å². The predicted molar refractivity (Wildman–Crippen MR) is 96.0 cm³/mol. The SMILES string of the molecule is O=C(Cn1nnc(-c2ccccc2-n2cnnn2)n1)Nc1ccc(Cl)cc1. The normalized spacial score (nSPS) is 10.7. The van der Waals surface area contributed by atoms with E-state index in [0.29, 0.717) is 27.8 Å². The Kier molecular flexibility index (Phi) is 4.54. The summed E-state index contributed by atoms with van der Waals surface area (Å²) < 4.78 is 1.50. The van der Waals surface area contributed by atoms with Gasteiger partial charge in [-0.15, -0.1) is 15.3 Å². The van der Waals surface area contributed by atoms with E-state index < -0.39 is 0 Å². The molecule has 0 atom stereocenters. The molecule has 2 aromatic heterocycles. The van der Waals surface area contributed by atoms with Crippen molar-refractivity contribution in [2.45, 2.75) is 6.54 Å². The summed E-state index contributed by atoms with van der Waals surface area (Å²) in [4.78, 5) is 13.4. The number of hydrogen-bond donors (Lipinski definition) is 1. The lowest BCUT2D eigenvalue weighted by Crippen LogP contribution is -2.20. The molecule has 1 amide bonds. The molecule has 4 rings (SSSR count). The molecule has 0 unspecified atom stereocenters. The molecular weight excluding hydrogens is 370 g/mol. The van der Waals surface area contributed by atoms with Gasteiger partial charge in [0, 0.05) is 16.3 Å². The highest BCUT2D eigenvalue weighted by Gasteiger charge is 2.14. The number of rotatable bonds is 5. The second-order valence-corrected chi connectivity index (χ2v) is 5.91. The third kappa shape index (κ3) is 3.80. The van der Waals surface area contributed by atoms with Crippen LogP contribution in [0.15, 0.2) is 54.9 Å². The van der Waals surface area contributed by atoms with Crippen LogP contribution in [0.5, 0.6) is 0 Å². The maximum absolute atomic E-state index is 12.2. The van der Waals surface area contributed by atoms with Crippen LogP contribution in [0.2, 0.25) is 5.02 Å². The van der Waals surface area contributed by atoms with Gasteiger partial charge in [0.2, 0.25) is 11.7 Å². The molecule has 2 aromatic carbocycles. The highest BCUT2D eigenvalue weighted by molar-refractivity contribution is 6.30. The molecule has 0 aliphatic heterocycles. The van der Waals surface area contributed by atoms with Gasteiger partial charge in [0.1, 0.15) is 12.9 Å². The van der Waals surface area contributed by atoms with Gasteiger partial charge in [0.25, 0.3) is 0 Å². The number of halogens is 1. The lowest BCUT2D eigenvalue weighted by Gasteiger charge is -2.05. The number of carbonyl (C=O) groups excluding carboxylic acids is 1. The topological polar surface area (TPSA) is 116 Å². The first kappa shape index (κ1) is 16.8. The van der Waals surface area contributed by atoms with E-state index in [0.717, 1.165) is 0 Å². The zero-order valence-electron chi connectivity index (χ0n) is 13.8. The van der Waals surface area contributed by atoms with Gasteiger partial charge in [0.15, 0.2) is 0 Å². The molecule has 0 bridgehead atoms. The van der Waals surface area contributed by atoms with E-state index in [9.17, 15) is 4.79 Å². The van der Waals surface area contributed by atoms with Crippen LogP contribution >= 0.6 is 11.6 Å². The number of nitrogens with one attached hydrogen (secondary N) is 1. The molecule has 0 fully saturated rings. The van der Waals surface area contributed by atoms with Crippen molar-refractivity contribution >= 4 is 23.2 Å². The molecule has 134 valence electrons. The lowest BCUT2D eigenvalue weighted by atomic mass is 10.1. The fourth-order valence-electron chi connectivity index (χ4n) is 2.41. The monoisotopic (exact) mass is 381 g/mol. The quantitative estimate of drug-likeness (QED) is 0.558. The lowest BCUT2D eigenvalue weighted by molar-refractivity contribution is -0.117. The number of benzene rings is 2. The fraction of sp³-hybridized carbons (Fsp3) is 0.0625. The first-order chi connectivity index (χ1) is 13.2. The molecule has 4 aromatic rings. The Hall–Kier alpha value is -3.66. The van der Waals surface area contributed by atoms with Crippen LogP contribution in [-0.4, -0.2) is 46.3 Å². The van der Waals surface area contributed by atoms with E-state index >= 15 is 0 Å². The largest absolute Gasteiger partial charge is 0.324 e. The van der Waals surface area contributed by atoms with Crippen molar-refractivity contribution in [2.24, 2.45) is 0 Å². The van der Waals surface area contributed by atoms with Crippen molar-refractivity contribution in [2.75, 3.05) is 5.32 Å². The number of carbonyl (C=O) groups is 1. The summed E-state index contributed by atoms with van der Waals surface area (Å²) >= 11 is 5.83. The summed E-state index contributed by atoms with van der Waals surface area (Å²) in [7, 11) is 0. The standard InChI is InChI=1S/C16H12ClN9O/c17-11-5-7-12(8-6-11)19-15(27)9-26-21-16(20-23-26)13-3-1-2-4-14(13)25-10-18-22-24-25/h1-8,10H,9H2,(H,19,27). The molecule has 0 saturated carbocycles. The van der Waals surface area contributed by atoms with Crippen LogP contribution in [0.1, 0.15) is 0 Å². The van der Waals surface area contributed by atoms with Gasteiger partial charge in [-0.3, -0.25) is 4.79 Å². The summed E-state index contributed by atoms with van der Waals surface area (Å²) in [5.74, 6) is 0.0791. The van der Waals surface area contributed by atoms with Gasteiger partial charge in [-0.1, -0.05) is 23.7 Å². The summed E-state index contributed by atoms with van der Waals surface area (Å²) in [5, 5.41) is 26.7. The number of amides is 1. The maximum Gasteiger partial charge on any atom is 0.248 e. The van der Waals surface area contributed by atoms with Gasteiger partial charge < -0.3 is 5.32 Å². The molecule has 0 saturated heterocycles. The molecule has 0 radical (unpaired) electrons. The van der Waals surface area contributed by atoms with Gasteiger partial charge in [-0.2, -0.15) is 9.48 Å². The van der Waals surface area contributed by atoms with Crippen LogP contribution in [0, 0.1) is 0 Å². The van der Waals surface area contributed by atoms with Crippen molar-refractivity contribution in [3.05, 3.63) is 59.9 Å². The second kappa shape index (κ2) is 7.30. The molecule has 1 N–H and O–H groups in total. The molecule has 0 spiro atoms. The van der Waals surface area contributed by atoms with E-state index in [1.165, 1.54) is 15.8 Å². The average molecular weight is 382 g/mol. The maximum atomic E-state index is 12.2. The van der Waals surface area contributed by atoms with Gasteiger partial charge in [0.05, 0.1) is 5.69 Å². The van der Waals surface area contributed by atoms with E-state index in [-0.39, 0.29) is 12.5 Å². The third-order valence-electron chi connectivity index (χ3n) is 3.61. The zero-order valence-corrected chi connectivity index (χ0v) is 14.5. The Labute approximate surface area is 157 Å². The Morgan fingerprint density at radius 1 is 1.07 bits per heavy atom. The van der Waals surface area contributed by atoms with Crippen LogP contribution in [0.4, 0.5) is 5.69 Å². The Morgan fingerprint density at radius 3 is 2.67 bits per heavy atom. The fourth-order valence-corrected chi connectivity index (χ4v) is 2.54. The highest BCUT2D eigenvalue weighted by atomic mass is 35.5. The van der Waals surface area contributed by atoms with Crippen molar-refractivity contribution in [1.82, 2.24) is 40.4 Å². The number of aromatic nitrogens is 8. The summed E-state index contributed by atoms with van der Waals surface area (Å²) in [5.41, 5.74) is 2.02. The van der Waals surface area contributed by atoms with E-state index in [1.54, 1.807) is 24.3 Å². The molecule has 10 nitrogen and oxygen atoms in total. The van der Waals surface area contributed by atoms with E-state index in [1.807, 2.05) is 24.3 Å². The van der Waals surface area contributed by atoms with Crippen molar-refractivity contribution < 1.29 is 4.79 Å². The summed E-state index contributed by atoms with van der Waals surface area (Å²) in [6.07, 6.45) is 1.48. The Balaban J connectivity index is 1.51. The number of para-hydroxylation sites is 1. The number of nitrogens with zero attached hydrogens (tertiary/aromatic N) is 8. The molecule has 11 heteroatoms. The van der Waals surface area contributed by atoms with Crippen molar-refractivity contribution in [3.63, 3.8) is 0 Å². The second-order valence-electron chi connectivity index (χ2n) is 5.47. The van der Waals surface area contributed by atoms with Crippen LogP contribution in [-0.2, 0) is 11.3 Å². The number of tetrazole rings is 2. The highest BCUT2D eigenvalue weighted by Crippen LogP contribution is 2.22. The minimum Gasteiger partial charge on any atom is -0.324 e. The first-order valence-corrected chi connectivity index (χ1v) is 8.23. The van der Waals surface area contributed by atoms with E-state index in [4.69, 9.17) is 11.6 Å². The van der Waals surface area contributed by atoms with Crippen LogP contribution in [0.25, 0.3) is 17.1 Å². The molecule has 27 heavy (non-hydrogen) atoms. The number of hydrogen-bond acceptors (Lipinski definition) is 7. The average Bonchev–Trinajstić information content (AvgIpc) is 3.36. The first-order valence-electron chi connectivity index (χ1n) is 7.85. The molecule has 0 aliphatic carbocycles. The third-order valence-corrected chi connectivity index (χ3v) is 3.86. The van der Waals surface area contributed by atoms with Crippen molar-refractivity contribution in [3.8, 4) is 17.1 Å². The number of anilines is 1. The zero-order chi connectivity index (χ0) is 18.6.